The first-order chi connectivity index (χ1) is 15.1. The van der Waals surface area contributed by atoms with Crippen LogP contribution in [0.25, 0.3) is 0 Å². The molecule has 1 aromatic rings. The number of carbonyl (C=O) groups is 3. The Hall–Kier alpha value is -2.37. The number of nitrogens with zero attached hydrogens (tertiary/aromatic N) is 1. The molecule has 1 aliphatic heterocycles. The summed E-state index contributed by atoms with van der Waals surface area (Å²) in [4.78, 5) is 39.7. The largest absolute Gasteiger partial charge is 0.351 e. The number of piperidine rings is 1. The van der Waals surface area contributed by atoms with Gasteiger partial charge in [0.15, 0.2) is 0 Å². The number of likely N-dealkylation sites (tertiary alicyclic amines) is 1. The lowest BCUT2D eigenvalue weighted by Crippen LogP contribution is -2.55. The van der Waals surface area contributed by atoms with Gasteiger partial charge in [0.1, 0.15) is 0 Å². The summed E-state index contributed by atoms with van der Waals surface area (Å²) in [7, 11) is 0. The van der Waals surface area contributed by atoms with E-state index in [0.717, 1.165) is 57.8 Å². The van der Waals surface area contributed by atoms with Gasteiger partial charge >= 0.3 is 0 Å². The summed E-state index contributed by atoms with van der Waals surface area (Å²) >= 11 is 0. The summed E-state index contributed by atoms with van der Waals surface area (Å²) in [5.74, 6) is 0.168. The van der Waals surface area contributed by atoms with Crippen LogP contribution in [0.2, 0.25) is 0 Å². The molecule has 1 saturated carbocycles. The summed E-state index contributed by atoms with van der Waals surface area (Å²) in [5.41, 5.74) is 0.647. The van der Waals surface area contributed by atoms with Gasteiger partial charge in [0.05, 0.1) is 0 Å². The number of unbranched alkanes of at least 4 members (excludes halogenated alkanes) is 2. The van der Waals surface area contributed by atoms with Crippen LogP contribution in [0.4, 0.5) is 0 Å². The van der Waals surface area contributed by atoms with Gasteiger partial charge in [-0.2, -0.15) is 0 Å². The molecule has 2 fully saturated rings. The minimum atomic E-state index is -0.0818. The Morgan fingerprint density at radius 3 is 2.19 bits per heavy atom. The van der Waals surface area contributed by atoms with Crippen LogP contribution in [0.3, 0.4) is 0 Å². The summed E-state index contributed by atoms with van der Waals surface area (Å²) in [6, 6.07) is 9.16. The highest BCUT2D eigenvalue weighted by Crippen LogP contribution is 2.23. The second kappa shape index (κ2) is 11.9. The first-order valence-corrected chi connectivity index (χ1v) is 12.0. The van der Waals surface area contributed by atoms with E-state index < -0.39 is 0 Å². The Morgan fingerprint density at radius 2 is 1.55 bits per heavy atom. The van der Waals surface area contributed by atoms with Crippen molar-refractivity contribution in [1.29, 1.82) is 0 Å². The molecule has 1 aliphatic carbocycles. The maximum Gasteiger partial charge on any atom is 0.251 e. The van der Waals surface area contributed by atoms with Gasteiger partial charge in [-0.05, 0) is 44.2 Å². The lowest BCUT2D eigenvalue weighted by Gasteiger charge is -2.36. The molecule has 6 heteroatoms. The third-order valence-electron chi connectivity index (χ3n) is 6.66. The molecule has 1 heterocycles. The summed E-state index contributed by atoms with van der Waals surface area (Å²) < 4.78 is 0. The van der Waals surface area contributed by atoms with Gasteiger partial charge in [0, 0.05) is 43.1 Å². The Kier molecular flexibility index (Phi) is 8.92. The van der Waals surface area contributed by atoms with Crippen molar-refractivity contribution in [2.24, 2.45) is 5.92 Å². The normalized spacial score (nSPS) is 22.0. The summed E-state index contributed by atoms with van der Waals surface area (Å²) in [6.07, 6.45) is 9.12. The molecule has 6 nitrogen and oxygen atoms in total. The molecule has 0 unspecified atom stereocenters. The van der Waals surface area contributed by atoms with E-state index in [0.29, 0.717) is 25.1 Å². The molecule has 3 rings (SSSR count). The third-order valence-corrected chi connectivity index (χ3v) is 6.66. The Morgan fingerprint density at radius 1 is 0.903 bits per heavy atom. The number of hydrogen-bond donors (Lipinski definition) is 2. The second-order valence-corrected chi connectivity index (χ2v) is 8.96. The molecule has 2 aliphatic rings. The molecule has 1 aromatic carbocycles. The molecule has 0 bridgehead atoms. The lowest BCUT2D eigenvalue weighted by molar-refractivity contribution is -0.136. The van der Waals surface area contributed by atoms with Gasteiger partial charge in [-0.15, -0.1) is 0 Å². The van der Waals surface area contributed by atoms with Gasteiger partial charge in [0.2, 0.25) is 11.8 Å². The maximum atomic E-state index is 12.9. The van der Waals surface area contributed by atoms with E-state index in [9.17, 15) is 14.4 Å². The monoisotopic (exact) mass is 427 g/mol. The van der Waals surface area contributed by atoms with Crippen LogP contribution in [0, 0.1) is 5.92 Å². The molecule has 1 saturated heterocycles. The van der Waals surface area contributed by atoms with Gasteiger partial charge in [-0.25, -0.2) is 0 Å². The fraction of sp³-hybridized carbons (Fsp3) is 0.640. The maximum absolute atomic E-state index is 12.9. The first-order valence-electron chi connectivity index (χ1n) is 12.0. The summed E-state index contributed by atoms with van der Waals surface area (Å²) in [5, 5.41) is 6.36. The fourth-order valence-electron chi connectivity index (χ4n) is 4.69. The van der Waals surface area contributed by atoms with Crippen LogP contribution < -0.4 is 10.6 Å². The zero-order chi connectivity index (χ0) is 22.1. The van der Waals surface area contributed by atoms with Crippen molar-refractivity contribution in [3.05, 3.63) is 35.9 Å². The zero-order valence-corrected chi connectivity index (χ0v) is 18.8. The number of benzene rings is 1. The Bertz CT molecular complexity index is 729. The molecule has 0 radical (unpaired) electrons. The zero-order valence-electron chi connectivity index (χ0n) is 18.8. The van der Waals surface area contributed by atoms with E-state index in [2.05, 4.69) is 17.6 Å². The molecular weight excluding hydrogens is 390 g/mol. The van der Waals surface area contributed by atoms with Crippen molar-refractivity contribution >= 4 is 17.7 Å². The average molecular weight is 428 g/mol. The van der Waals surface area contributed by atoms with E-state index in [1.165, 1.54) is 0 Å². The fourth-order valence-corrected chi connectivity index (χ4v) is 4.69. The number of carbonyl (C=O) groups excluding carboxylic acids is 3. The summed E-state index contributed by atoms with van der Waals surface area (Å²) in [6.45, 7) is 3.47. The second-order valence-electron chi connectivity index (χ2n) is 8.96. The van der Waals surface area contributed by atoms with E-state index in [-0.39, 0.29) is 35.7 Å². The minimum Gasteiger partial charge on any atom is -0.351 e. The smallest absolute Gasteiger partial charge is 0.251 e. The van der Waals surface area contributed by atoms with Gasteiger partial charge in [-0.3, -0.25) is 14.4 Å². The van der Waals surface area contributed by atoms with Crippen LogP contribution in [-0.4, -0.2) is 47.8 Å². The van der Waals surface area contributed by atoms with Crippen molar-refractivity contribution in [1.82, 2.24) is 15.5 Å². The van der Waals surface area contributed by atoms with Gasteiger partial charge in [-0.1, -0.05) is 50.8 Å². The highest BCUT2D eigenvalue weighted by Gasteiger charge is 2.32. The van der Waals surface area contributed by atoms with Crippen LogP contribution in [0.1, 0.15) is 81.5 Å². The molecule has 170 valence electrons. The SMILES string of the molecule is CCCCCC(=O)N1CCC(C(=O)N[C@@H]2CCCC[C@H]2NC(=O)c2ccccc2)CC1. The van der Waals surface area contributed by atoms with E-state index >= 15 is 0 Å². The molecule has 31 heavy (non-hydrogen) atoms. The molecule has 2 N–H and O–H groups in total. The average Bonchev–Trinajstić information content (AvgIpc) is 2.81. The van der Waals surface area contributed by atoms with E-state index in [4.69, 9.17) is 0 Å². The van der Waals surface area contributed by atoms with Crippen molar-refractivity contribution in [3.63, 3.8) is 0 Å². The van der Waals surface area contributed by atoms with Crippen LogP contribution in [-0.2, 0) is 9.59 Å². The highest BCUT2D eigenvalue weighted by molar-refractivity contribution is 5.94. The van der Waals surface area contributed by atoms with Crippen LogP contribution >= 0.6 is 0 Å². The van der Waals surface area contributed by atoms with Crippen molar-refractivity contribution in [2.75, 3.05) is 13.1 Å². The van der Waals surface area contributed by atoms with Crippen molar-refractivity contribution in [2.45, 2.75) is 83.2 Å². The Labute approximate surface area is 186 Å². The lowest BCUT2D eigenvalue weighted by atomic mass is 9.88. The highest BCUT2D eigenvalue weighted by atomic mass is 16.2. The minimum absolute atomic E-state index is 0.0254. The third kappa shape index (κ3) is 6.81. The predicted octanol–water partition coefficient (Wildman–Crippen LogP) is 3.66. The predicted molar refractivity (Wildman–Crippen MR) is 122 cm³/mol. The van der Waals surface area contributed by atoms with Crippen molar-refractivity contribution < 1.29 is 14.4 Å². The number of hydrogen-bond acceptors (Lipinski definition) is 3. The number of amides is 3. The number of rotatable bonds is 8. The van der Waals surface area contributed by atoms with Crippen LogP contribution in [0.15, 0.2) is 30.3 Å². The molecule has 0 aromatic heterocycles. The van der Waals surface area contributed by atoms with Gasteiger partial charge < -0.3 is 15.5 Å². The van der Waals surface area contributed by atoms with Crippen molar-refractivity contribution in [3.8, 4) is 0 Å². The number of nitrogens with one attached hydrogen (secondary N) is 2. The quantitative estimate of drug-likeness (QED) is 0.622. The Balaban J connectivity index is 1.47. The molecular formula is C25H37N3O3. The molecule has 2 atom stereocenters. The van der Waals surface area contributed by atoms with Crippen LogP contribution in [0.5, 0.6) is 0 Å². The topological polar surface area (TPSA) is 78.5 Å². The molecule has 0 spiro atoms. The standard InChI is InChI=1S/C25H37N3O3/c1-2-3-5-14-23(29)28-17-15-20(16-18-28)25(31)27-22-13-9-8-12-21(22)26-24(30)19-10-6-4-7-11-19/h4,6-7,10-11,20-22H,2-3,5,8-9,12-18H2,1H3,(H,26,30)(H,27,31)/t21-,22-/m1/s1. The van der Waals surface area contributed by atoms with E-state index in [1.807, 2.05) is 35.2 Å². The first kappa shape index (κ1) is 23.3. The molecule has 3 amide bonds. The van der Waals surface area contributed by atoms with E-state index in [1.54, 1.807) is 0 Å². The van der Waals surface area contributed by atoms with Gasteiger partial charge in [0.25, 0.3) is 5.91 Å².